The smallest absolute Gasteiger partial charge is 0.252 e. The second kappa shape index (κ2) is 8.47. The lowest BCUT2D eigenvalue weighted by atomic mass is 10.1. The van der Waals surface area contributed by atoms with Crippen LogP contribution in [0.25, 0.3) is 0 Å². The minimum atomic E-state index is -3.49. The number of piperazine rings is 1. The molecule has 0 unspecified atom stereocenters. The maximum atomic E-state index is 13.1. The van der Waals surface area contributed by atoms with Crippen molar-refractivity contribution >= 4 is 27.0 Å². The van der Waals surface area contributed by atoms with Crippen LogP contribution in [0, 0.1) is 0 Å². The Hall–Kier alpha value is -1.65. The molecular formula is C21H29N3O4S2. The predicted molar refractivity (Wildman–Crippen MR) is 119 cm³/mol. The van der Waals surface area contributed by atoms with E-state index >= 15 is 0 Å². The molecule has 0 radical (unpaired) electrons. The Morgan fingerprint density at radius 3 is 2.60 bits per heavy atom. The number of ether oxygens (including phenoxy) is 1. The molecule has 2 fully saturated rings. The molecule has 1 N–H and O–H groups in total. The van der Waals surface area contributed by atoms with Crippen molar-refractivity contribution in [1.29, 1.82) is 0 Å². The van der Waals surface area contributed by atoms with Gasteiger partial charge in [-0.15, -0.1) is 11.3 Å². The summed E-state index contributed by atoms with van der Waals surface area (Å²) in [6.07, 6.45) is 0. The topological polar surface area (TPSA) is 73.3 Å². The number of nitrogens with zero attached hydrogens (tertiary/aromatic N) is 3. The van der Waals surface area contributed by atoms with Crippen LogP contribution in [-0.2, 0) is 14.8 Å². The van der Waals surface area contributed by atoms with Gasteiger partial charge in [-0.05, 0) is 49.6 Å². The van der Waals surface area contributed by atoms with Crippen LogP contribution in [0.3, 0.4) is 0 Å². The molecule has 3 heterocycles. The lowest BCUT2D eigenvalue weighted by Crippen LogP contribution is -2.60. The minimum absolute atomic E-state index is 0.00642. The number of hydrogen-bond acceptors (Lipinski definition) is 7. The molecule has 4 rings (SSSR count). The van der Waals surface area contributed by atoms with Gasteiger partial charge in [-0.3, -0.25) is 4.90 Å². The normalized spacial score (nSPS) is 23.5. The van der Waals surface area contributed by atoms with Crippen molar-refractivity contribution in [2.45, 2.75) is 29.7 Å². The first kappa shape index (κ1) is 21.6. The summed E-state index contributed by atoms with van der Waals surface area (Å²) in [5, 5.41) is 11.5. The van der Waals surface area contributed by atoms with Crippen LogP contribution >= 0.6 is 11.3 Å². The van der Waals surface area contributed by atoms with Crippen molar-refractivity contribution in [3.8, 4) is 5.75 Å². The van der Waals surface area contributed by atoms with E-state index in [1.807, 2.05) is 12.1 Å². The van der Waals surface area contributed by atoms with Crippen LogP contribution in [0.1, 0.15) is 13.8 Å². The Labute approximate surface area is 182 Å². The molecule has 30 heavy (non-hydrogen) atoms. The minimum Gasteiger partial charge on any atom is -0.508 e. The highest BCUT2D eigenvalue weighted by Gasteiger charge is 2.37. The summed E-state index contributed by atoms with van der Waals surface area (Å²) in [6, 6.07) is 10.6. The van der Waals surface area contributed by atoms with Crippen molar-refractivity contribution in [1.82, 2.24) is 9.21 Å². The number of aromatic hydroxyl groups is 1. The van der Waals surface area contributed by atoms with Crippen LogP contribution in [-0.4, -0.2) is 80.2 Å². The Morgan fingerprint density at radius 1 is 1.17 bits per heavy atom. The third-order valence-corrected chi connectivity index (χ3v) is 8.93. The molecule has 7 nitrogen and oxygen atoms in total. The molecule has 0 saturated carbocycles. The molecule has 1 aromatic heterocycles. The summed E-state index contributed by atoms with van der Waals surface area (Å²) in [4.78, 5) is 4.63. The highest BCUT2D eigenvalue weighted by atomic mass is 32.2. The fourth-order valence-electron chi connectivity index (χ4n) is 4.29. The molecule has 1 atom stereocenters. The van der Waals surface area contributed by atoms with Gasteiger partial charge >= 0.3 is 0 Å². The number of sulfonamides is 1. The zero-order valence-corrected chi connectivity index (χ0v) is 19.0. The monoisotopic (exact) mass is 451 g/mol. The number of rotatable bonds is 5. The Balaban J connectivity index is 1.58. The third kappa shape index (κ3) is 4.65. The van der Waals surface area contributed by atoms with E-state index in [9.17, 15) is 13.5 Å². The summed E-state index contributed by atoms with van der Waals surface area (Å²) in [7, 11) is -3.49. The molecule has 0 amide bonds. The van der Waals surface area contributed by atoms with Gasteiger partial charge in [0.2, 0.25) is 0 Å². The van der Waals surface area contributed by atoms with E-state index in [-0.39, 0.29) is 17.4 Å². The van der Waals surface area contributed by atoms with Crippen LogP contribution in [0.15, 0.2) is 46.0 Å². The van der Waals surface area contributed by atoms with Gasteiger partial charge in [0.05, 0.1) is 18.2 Å². The highest BCUT2D eigenvalue weighted by Crippen LogP contribution is 2.28. The second-order valence-corrected chi connectivity index (χ2v) is 11.6. The van der Waals surface area contributed by atoms with Crippen molar-refractivity contribution in [3.63, 3.8) is 0 Å². The van der Waals surface area contributed by atoms with E-state index in [4.69, 9.17) is 4.74 Å². The lowest BCUT2D eigenvalue weighted by molar-refractivity contribution is -0.0874. The van der Waals surface area contributed by atoms with Gasteiger partial charge in [-0.2, -0.15) is 4.31 Å². The van der Waals surface area contributed by atoms with Crippen molar-refractivity contribution in [2.24, 2.45) is 0 Å². The van der Waals surface area contributed by atoms with Gasteiger partial charge in [0.15, 0.2) is 0 Å². The molecule has 0 bridgehead atoms. The fourth-order valence-corrected chi connectivity index (χ4v) is 6.90. The molecule has 164 valence electrons. The fraction of sp³-hybridized carbons (Fsp3) is 0.524. The van der Waals surface area contributed by atoms with Crippen molar-refractivity contribution in [3.05, 3.63) is 41.8 Å². The predicted octanol–water partition coefficient (Wildman–Crippen LogP) is 2.44. The first-order chi connectivity index (χ1) is 14.2. The van der Waals surface area contributed by atoms with Crippen LogP contribution < -0.4 is 4.90 Å². The average Bonchev–Trinajstić information content (AvgIpc) is 3.24. The van der Waals surface area contributed by atoms with E-state index in [0.29, 0.717) is 30.5 Å². The zero-order chi connectivity index (χ0) is 21.4. The van der Waals surface area contributed by atoms with Crippen LogP contribution in [0.4, 0.5) is 5.69 Å². The first-order valence-corrected chi connectivity index (χ1v) is 12.5. The summed E-state index contributed by atoms with van der Waals surface area (Å²) in [5.41, 5.74) is 0.789. The van der Waals surface area contributed by atoms with E-state index in [1.165, 1.54) is 11.3 Å². The lowest BCUT2D eigenvalue weighted by Gasteiger charge is -2.46. The summed E-state index contributed by atoms with van der Waals surface area (Å²) in [6.45, 7) is 8.72. The number of phenolic OH excluding ortho intramolecular Hbond substituents is 1. The van der Waals surface area contributed by atoms with Gasteiger partial charge < -0.3 is 14.7 Å². The summed E-state index contributed by atoms with van der Waals surface area (Å²) >= 11 is 1.26. The van der Waals surface area contributed by atoms with Gasteiger partial charge in [0, 0.05) is 45.0 Å². The SMILES string of the molecule is CC1(C)CN(C[C@H]2CN(S(=O)(=O)c3cccs3)CCN2c2ccc(O)cc2)CCO1. The molecule has 0 spiro atoms. The third-order valence-electron chi connectivity index (χ3n) is 5.69. The van der Waals surface area contributed by atoms with Gasteiger partial charge in [-0.1, -0.05) is 6.07 Å². The maximum absolute atomic E-state index is 13.1. The Bertz CT molecular complexity index is 945. The van der Waals surface area contributed by atoms with Gasteiger partial charge in [0.25, 0.3) is 10.0 Å². The standard InChI is InChI=1S/C21H29N3O4S2/c1-21(2)16-22(11-12-28-21)14-18-15-23(30(26,27)20-4-3-13-29-20)9-10-24(18)17-5-7-19(25)8-6-17/h3-8,13,18,25H,9-12,14-16H2,1-2H3/t18-/m0/s1. The van der Waals surface area contributed by atoms with Crippen molar-refractivity contribution in [2.75, 3.05) is 50.8 Å². The molecular weight excluding hydrogens is 422 g/mol. The second-order valence-electron chi connectivity index (χ2n) is 8.50. The number of phenols is 1. The van der Waals surface area contributed by atoms with E-state index in [1.54, 1.807) is 34.0 Å². The number of benzene rings is 1. The number of thiophene rings is 1. The number of anilines is 1. The molecule has 9 heteroatoms. The summed E-state index contributed by atoms with van der Waals surface area (Å²) in [5.74, 6) is 0.226. The maximum Gasteiger partial charge on any atom is 0.252 e. The van der Waals surface area contributed by atoms with Gasteiger partial charge in [-0.25, -0.2) is 8.42 Å². The number of hydrogen-bond donors (Lipinski definition) is 1. The van der Waals surface area contributed by atoms with Crippen LogP contribution in [0.5, 0.6) is 5.75 Å². The Morgan fingerprint density at radius 2 is 1.93 bits per heavy atom. The van der Waals surface area contributed by atoms with Crippen molar-refractivity contribution < 1.29 is 18.3 Å². The number of morpholine rings is 1. The van der Waals surface area contributed by atoms with Gasteiger partial charge in [0.1, 0.15) is 9.96 Å². The van der Waals surface area contributed by atoms with Crippen LogP contribution in [0.2, 0.25) is 0 Å². The van der Waals surface area contributed by atoms with E-state index in [2.05, 4.69) is 23.6 Å². The molecule has 2 aliphatic rings. The molecule has 1 aromatic carbocycles. The molecule has 0 aliphatic carbocycles. The summed E-state index contributed by atoms with van der Waals surface area (Å²) < 4.78 is 34.1. The molecule has 2 aromatic rings. The first-order valence-electron chi connectivity index (χ1n) is 10.2. The molecule has 2 aliphatic heterocycles. The highest BCUT2D eigenvalue weighted by molar-refractivity contribution is 7.91. The average molecular weight is 452 g/mol. The molecule has 2 saturated heterocycles. The zero-order valence-electron chi connectivity index (χ0n) is 17.4. The largest absolute Gasteiger partial charge is 0.508 e. The Kier molecular flexibility index (Phi) is 6.09. The van der Waals surface area contributed by atoms with E-state index < -0.39 is 10.0 Å². The quantitative estimate of drug-likeness (QED) is 0.753. The van der Waals surface area contributed by atoms with E-state index in [0.717, 1.165) is 25.3 Å².